The van der Waals surface area contributed by atoms with Gasteiger partial charge in [0.1, 0.15) is 0 Å². The zero-order valence-corrected chi connectivity index (χ0v) is 11.7. The van der Waals surface area contributed by atoms with Crippen LogP contribution in [0, 0.1) is 6.42 Å². The van der Waals surface area contributed by atoms with Crippen LogP contribution in [0.4, 0.5) is 0 Å². The van der Waals surface area contributed by atoms with Crippen LogP contribution in [0.5, 0.6) is 0 Å². The van der Waals surface area contributed by atoms with Crippen molar-refractivity contribution in [3.05, 3.63) is 42.4 Å². The lowest BCUT2D eigenvalue weighted by molar-refractivity contribution is 0.719. The van der Waals surface area contributed by atoms with E-state index in [1.807, 2.05) is 0 Å². The van der Waals surface area contributed by atoms with Gasteiger partial charge >= 0.3 is 0 Å². The van der Waals surface area contributed by atoms with Crippen molar-refractivity contribution in [1.29, 1.82) is 0 Å². The number of rotatable bonds is 2. The Labute approximate surface area is 95.8 Å². The van der Waals surface area contributed by atoms with Gasteiger partial charge in [-0.25, -0.2) is 0 Å². The van der Waals surface area contributed by atoms with Crippen LogP contribution in [-0.2, 0) is 0 Å². The van der Waals surface area contributed by atoms with Crippen LogP contribution in [0.25, 0.3) is 0 Å². The molecule has 0 aromatic carbocycles. The molecule has 0 aromatic heterocycles. The molecule has 0 heterocycles. The first-order valence-electron chi connectivity index (χ1n) is 5.71. The fourth-order valence-corrected chi connectivity index (χ4v) is 2.63. The maximum Gasteiger partial charge on any atom is 0.0914 e. The maximum absolute atomic E-state index is 2.48. The third-order valence-corrected chi connectivity index (χ3v) is 8.96. The normalized spacial score (nSPS) is 19.4. The Balaban J connectivity index is 2.63. The lowest BCUT2D eigenvalue weighted by atomic mass is 10.1. The Morgan fingerprint density at radius 1 is 1.27 bits per heavy atom. The van der Waals surface area contributed by atoms with Gasteiger partial charge in [-0.05, 0) is 17.2 Å². The fourth-order valence-electron chi connectivity index (χ4n) is 1.27. The van der Waals surface area contributed by atoms with Crippen LogP contribution >= 0.6 is 0 Å². The first kappa shape index (κ1) is 12.4. The van der Waals surface area contributed by atoms with E-state index in [2.05, 4.69) is 70.7 Å². The van der Waals surface area contributed by atoms with E-state index in [1.165, 1.54) is 11.6 Å². The van der Waals surface area contributed by atoms with E-state index >= 15 is 0 Å². The molecule has 0 aliphatic heterocycles. The summed E-state index contributed by atoms with van der Waals surface area (Å²) in [6.45, 7) is 12.1. The monoisotopic (exact) mass is 219 g/mol. The molecule has 0 nitrogen and oxygen atoms in total. The van der Waals surface area contributed by atoms with E-state index in [-0.39, 0.29) is 0 Å². The van der Waals surface area contributed by atoms with Gasteiger partial charge in [-0.15, -0.1) is 0 Å². The summed E-state index contributed by atoms with van der Waals surface area (Å²) in [5.74, 6) is 0. The van der Waals surface area contributed by atoms with Crippen molar-refractivity contribution < 1.29 is 0 Å². The van der Waals surface area contributed by atoms with Crippen LogP contribution in [0.2, 0.25) is 24.2 Å². The minimum Gasteiger partial charge on any atom is -0.0680 e. The summed E-state index contributed by atoms with van der Waals surface area (Å²) in [6, 6.07) is 1.26. The van der Waals surface area contributed by atoms with E-state index in [1.54, 1.807) is 0 Å². The molecular weight excluding hydrogens is 196 g/mol. The van der Waals surface area contributed by atoms with E-state index < -0.39 is 8.07 Å². The molecule has 0 fully saturated rings. The van der Waals surface area contributed by atoms with Crippen molar-refractivity contribution in [1.82, 2.24) is 0 Å². The SMILES string of the molecule is CC(C)(C)[Si](C)(C)CC=C1C=CC=C[CH+]1. The van der Waals surface area contributed by atoms with Crippen molar-refractivity contribution in [3.8, 4) is 0 Å². The lowest BCUT2D eigenvalue weighted by Crippen LogP contribution is -2.36. The quantitative estimate of drug-likeness (QED) is 0.464. The van der Waals surface area contributed by atoms with Crippen molar-refractivity contribution in [2.45, 2.75) is 44.9 Å². The van der Waals surface area contributed by atoms with Crippen LogP contribution in [0.15, 0.2) is 36.0 Å². The van der Waals surface area contributed by atoms with Gasteiger partial charge in [0, 0.05) is 30.7 Å². The molecule has 15 heavy (non-hydrogen) atoms. The molecule has 0 bridgehead atoms. The molecular formula is C14H23Si+. The van der Waals surface area contributed by atoms with Gasteiger partial charge in [-0.2, -0.15) is 0 Å². The minimum atomic E-state index is -1.14. The molecule has 0 saturated heterocycles. The third kappa shape index (κ3) is 3.42. The predicted octanol–water partition coefficient (Wildman–Crippen LogP) is 4.75. The van der Waals surface area contributed by atoms with Crippen molar-refractivity contribution in [3.63, 3.8) is 0 Å². The van der Waals surface area contributed by atoms with Gasteiger partial charge in [0.25, 0.3) is 0 Å². The Bertz CT molecular complexity index is 298. The standard InChI is InChI=1S/C14H23Si/c1-14(2,3)15(4,5)12-11-13-9-7-6-8-10-13/h6-11H,12H2,1-5H3/q+1. The summed E-state index contributed by atoms with van der Waals surface area (Å²) in [7, 11) is -1.14. The largest absolute Gasteiger partial charge is 0.0914 e. The molecule has 0 atom stereocenters. The number of allylic oxidation sites excluding steroid dienone is 6. The summed E-state index contributed by atoms with van der Waals surface area (Å²) in [5, 5.41) is 0.484. The second-order valence-corrected chi connectivity index (χ2v) is 11.6. The first-order chi connectivity index (χ1) is 6.83. The van der Waals surface area contributed by atoms with Crippen molar-refractivity contribution in [2.75, 3.05) is 0 Å². The van der Waals surface area contributed by atoms with Crippen LogP contribution in [0.1, 0.15) is 20.8 Å². The number of hydrogen-bond acceptors (Lipinski definition) is 0. The molecule has 0 radical (unpaired) electrons. The predicted molar refractivity (Wildman–Crippen MR) is 72.7 cm³/mol. The van der Waals surface area contributed by atoms with Crippen LogP contribution in [-0.4, -0.2) is 8.07 Å². The molecule has 1 heteroatoms. The fraction of sp³-hybridized carbons (Fsp3) is 0.500. The Morgan fingerprint density at radius 3 is 2.40 bits per heavy atom. The molecule has 0 unspecified atom stereocenters. The molecule has 0 N–H and O–H groups in total. The molecule has 0 spiro atoms. The van der Waals surface area contributed by atoms with E-state index in [0.29, 0.717) is 5.04 Å². The topological polar surface area (TPSA) is 0 Å². The molecule has 0 aromatic rings. The van der Waals surface area contributed by atoms with Gasteiger partial charge < -0.3 is 0 Å². The third-order valence-electron chi connectivity index (χ3n) is 3.68. The van der Waals surface area contributed by atoms with Crippen molar-refractivity contribution >= 4 is 8.07 Å². The zero-order chi connectivity index (χ0) is 11.5. The highest BCUT2D eigenvalue weighted by molar-refractivity contribution is 6.80. The molecule has 0 amide bonds. The van der Waals surface area contributed by atoms with Crippen LogP contribution < -0.4 is 0 Å². The molecule has 1 aliphatic carbocycles. The Kier molecular flexibility index (Phi) is 3.66. The smallest absolute Gasteiger partial charge is 0.0680 e. The van der Waals surface area contributed by atoms with Gasteiger partial charge in [-0.1, -0.05) is 33.9 Å². The lowest BCUT2D eigenvalue weighted by Gasteiger charge is -2.35. The van der Waals surface area contributed by atoms with Gasteiger partial charge in [0.15, 0.2) is 0 Å². The Morgan fingerprint density at radius 2 is 1.93 bits per heavy atom. The molecule has 1 aliphatic rings. The second-order valence-electron chi connectivity index (χ2n) is 5.95. The zero-order valence-electron chi connectivity index (χ0n) is 10.7. The second kappa shape index (κ2) is 4.44. The van der Waals surface area contributed by atoms with Crippen molar-refractivity contribution in [2.24, 2.45) is 0 Å². The first-order valence-corrected chi connectivity index (χ1v) is 8.92. The average Bonchev–Trinajstić information content (AvgIpc) is 2.15. The Hall–Kier alpha value is -0.693. The highest BCUT2D eigenvalue weighted by Gasteiger charge is 2.34. The highest BCUT2D eigenvalue weighted by Crippen LogP contribution is 2.39. The van der Waals surface area contributed by atoms with Gasteiger partial charge in [0.2, 0.25) is 0 Å². The van der Waals surface area contributed by atoms with E-state index in [4.69, 9.17) is 0 Å². The molecule has 0 saturated carbocycles. The minimum absolute atomic E-state index is 0.484. The maximum atomic E-state index is 2.48. The molecule has 82 valence electrons. The summed E-state index contributed by atoms with van der Waals surface area (Å²) >= 11 is 0. The molecule has 1 rings (SSSR count). The van der Waals surface area contributed by atoms with Gasteiger partial charge in [0.05, 0.1) is 13.6 Å². The van der Waals surface area contributed by atoms with Crippen LogP contribution in [0.3, 0.4) is 0 Å². The number of hydrogen-bond donors (Lipinski definition) is 0. The van der Waals surface area contributed by atoms with E-state index in [0.717, 1.165) is 0 Å². The highest BCUT2D eigenvalue weighted by atomic mass is 28.3. The summed E-state index contributed by atoms with van der Waals surface area (Å²) in [6.07, 6.45) is 13.1. The summed E-state index contributed by atoms with van der Waals surface area (Å²) in [4.78, 5) is 0. The van der Waals surface area contributed by atoms with E-state index in [9.17, 15) is 0 Å². The summed E-state index contributed by atoms with van der Waals surface area (Å²) in [5.41, 5.74) is 1.36. The summed E-state index contributed by atoms with van der Waals surface area (Å²) < 4.78 is 0. The average molecular weight is 219 g/mol. The van der Waals surface area contributed by atoms with Gasteiger partial charge in [-0.3, -0.25) is 0 Å².